The van der Waals surface area contributed by atoms with Gasteiger partial charge in [-0.2, -0.15) is 4.98 Å². The second-order valence-corrected chi connectivity index (χ2v) is 3.51. The Morgan fingerprint density at radius 1 is 1.31 bits per heavy atom. The third kappa shape index (κ3) is 2.66. The Morgan fingerprint density at radius 2 is 2.19 bits per heavy atom. The molecule has 0 aromatic carbocycles. The molecule has 0 fully saturated rings. The quantitative estimate of drug-likeness (QED) is 0.761. The lowest BCUT2D eigenvalue weighted by atomic mass is 10.4. The van der Waals surface area contributed by atoms with Crippen LogP contribution in [0.5, 0.6) is 0 Å². The minimum atomic E-state index is 0.614. The maximum absolute atomic E-state index is 5.43. The number of hydrogen-bond donors (Lipinski definition) is 1. The van der Waals surface area contributed by atoms with E-state index < -0.39 is 0 Å². The maximum atomic E-state index is 5.43. The number of hydrogen-bond acceptors (Lipinski definition) is 6. The molecule has 16 heavy (non-hydrogen) atoms. The van der Waals surface area contributed by atoms with Crippen LogP contribution in [0.4, 0.5) is 0 Å². The molecule has 0 aliphatic heterocycles. The summed E-state index contributed by atoms with van der Waals surface area (Å²) in [5.41, 5.74) is 0.939. The molecule has 0 bridgehead atoms. The highest BCUT2D eigenvalue weighted by atomic mass is 16.5. The number of aromatic nitrogens is 3. The summed E-state index contributed by atoms with van der Waals surface area (Å²) in [5, 5.41) is 6.73. The van der Waals surface area contributed by atoms with E-state index >= 15 is 0 Å². The molecule has 0 saturated carbocycles. The van der Waals surface area contributed by atoms with Gasteiger partial charge in [-0.1, -0.05) is 5.16 Å². The predicted octanol–water partition coefficient (Wildman–Crippen LogP) is 1.01. The van der Waals surface area contributed by atoms with Crippen molar-refractivity contribution in [2.75, 3.05) is 6.54 Å². The van der Waals surface area contributed by atoms with Gasteiger partial charge in [0.05, 0.1) is 12.2 Å². The molecule has 2 aromatic heterocycles. The molecule has 0 aliphatic rings. The maximum Gasteiger partial charge on any atom is 0.227 e. The monoisotopic (exact) mass is 222 g/mol. The highest BCUT2D eigenvalue weighted by molar-refractivity contribution is 5.05. The van der Waals surface area contributed by atoms with Crippen molar-refractivity contribution < 1.29 is 8.94 Å². The van der Waals surface area contributed by atoms with Crippen molar-refractivity contribution in [2.45, 2.75) is 26.8 Å². The molecular formula is C10H14N4O2. The molecular weight excluding hydrogens is 208 g/mol. The van der Waals surface area contributed by atoms with Gasteiger partial charge in [0.25, 0.3) is 0 Å². The van der Waals surface area contributed by atoms with Crippen LogP contribution in [0.2, 0.25) is 0 Å². The molecule has 0 amide bonds. The number of nitrogens with one attached hydrogen (secondary N) is 1. The summed E-state index contributed by atoms with van der Waals surface area (Å²) in [6, 6.07) is 0. The normalized spacial score (nSPS) is 10.9. The molecule has 6 heteroatoms. The van der Waals surface area contributed by atoms with E-state index in [1.54, 1.807) is 0 Å². The van der Waals surface area contributed by atoms with Gasteiger partial charge in [-0.05, 0) is 13.8 Å². The number of nitrogens with zero attached hydrogens (tertiary/aromatic N) is 3. The highest BCUT2D eigenvalue weighted by Gasteiger charge is 2.05. The molecule has 86 valence electrons. The molecule has 0 atom stereocenters. The van der Waals surface area contributed by atoms with Gasteiger partial charge >= 0.3 is 0 Å². The van der Waals surface area contributed by atoms with Gasteiger partial charge < -0.3 is 14.3 Å². The van der Waals surface area contributed by atoms with Gasteiger partial charge in [-0.3, -0.25) is 0 Å². The third-order valence-corrected chi connectivity index (χ3v) is 2.27. The zero-order valence-electron chi connectivity index (χ0n) is 9.36. The van der Waals surface area contributed by atoms with Crippen LogP contribution < -0.4 is 5.32 Å². The minimum absolute atomic E-state index is 0.614. The standard InChI is InChI=1S/C10H14N4O2/c1-7-8(2)15-10(14-7)5-11-4-3-9-12-6-13-16-9/h6,11H,3-5H2,1-2H3. The molecule has 1 N–H and O–H groups in total. The van der Waals surface area contributed by atoms with E-state index in [-0.39, 0.29) is 0 Å². The summed E-state index contributed by atoms with van der Waals surface area (Å²) in [4.78, 5) is 8.19. The van der Waals surface area contributed by atoms with E-state index in [9.17, 15) is 0 Å². The highest BCUT2D eigenvalue weighted by Crippen LogP contribution is 2.07. The molecule has 0 spiro atoms. The molecule has 2 aromatic rings. The SMILES string of the molecule is Cc1nc(CNCCc2ncno2)oc1C. The average Bonchev–Trinajstić information content (AvgIpc) is 2.85. The summed E-state index contributed by atoms with van der Waals surface area (Å²) in [7, 11) is 0. The number of rotatable bonds is 5. The van der Waals surface area contributed by atoms with Crippen molar-refractivity contribution in [3.05, 3.63) is 29.6 Å². The molecule has 0 saturated heterocycles. The van der Waals surface area contributed by atoms with E-state index in [4.69, 9.17) is 8.94 Å². The average molecular weight is 222 g/mol. The van der Waals surface area contributed by atoms with Crippen molar-refractivity contribution in [1.29, 1.82) is 0 Å². The van der Waals surface area contributed by atoms with E-state index in [0.717, 1.165) is 18.0 Å². The van der Waals surface area contributed by atoms with E-state index in [1.165, 1.54) is 6.33 Å². The molecule has 6 nitrogen and oxygen atoms in total. The minimum Gasteiger partial charge on any atom is -0.444 e. The van der Waals surface area contributed by atoms with Gasteiger partial charge in [-0.25, -0.2) is 4.98 Å². The van der Waals surface area contributed by atoms with Crippen molar-refractivity contribution in [3.63, 3.8) is 0 Å². The van der Waals surface area contributed by atoms with Crippen LogP contribution in [0.3, 0.4) is 0 Å². The Kier molecular flexibility index (Phi) is 3.31. The molecule has 0 aliphatic carbocycles. The van der Waals surface area contributed by atoms with Gasteiger partial charge in [-0.15, -0.1) is 0 Å². The Hall–Kier alpha value is -1.69. The molecule has 2 heterocycles. The van der Waals surface area contributed by atoms with Crippen LogP contribution in [-0.2, 0) is 13.0 Å². The zero-order valence-corrected chi connectivity index (χ0v) is 9.36. The first-order chi connectivity index (χ1) is 7.75. The van der Waals surface area contributed by atoms with Crippen LogP contribution in [0.1, 0.15) is 23.2 Å². The first-order valence-electron chi connectivity index (χ1n) is 5.15. The van der Waals surface area contributed by atoms with Gasteiger partial charge in [0, 0.05) is 13.0 Å². The Morgan fingerprint density at radius 3 is 2.81 bits per heavy atom. The summed E-state index contributed by atoms with van der Waals surface area (Å²) in [5.74, 6) is 2.21. The fourth-order valence-electron chi connectivity index (χ4n) is 1.31. The van der Waals surface area contributed by atoms with Crippen molar-refractivity contribution >= 4 is 0 Å². The number of oxazole rings is 1. The summed E-state index contributed by atoms with van der Waals surface area (Å²) >= 11 is 0. The lowest BCUT2D eigenvalue weighted by Crippen LogP contribution is -2.17. The van der Waals surface area contributed by atoms with Crippen molar-refractivity contribution in [3.8, 4) is 0 Å². The lowest BCUT2D eigenvalue weighted by molar-refractivity contribution is 0.372. The Bertz CT molecular complexity index is 416. The fourth-order valence-corrected chi connectivity index (χ4v) is 1.31. The zero-order chi connectivity index (χ0) is 11.4. The summed E-state index contributed by atoms with van der Waals surface area (Å²) < 4.78 is 10.3. The second kappa shape index (κ2) is 4.89. The topological polar surface area (TPSA) is 77.0 Å². The van der Waals surface area contributed by atoms with Gasteiger partial charge in [0.15, 0.2) is 6.33 Å². The predicted molar refractivity (Wildman–Crippen MR) is 55.7 cm³/mol. The van der Waals surface area contributed by atoms with Gasteiger partial charge in [0.1, 0.15) is 5.76 Å². The molecule has 0 unspecified atom stereocenters. The molecule has 2 rings (SSSR count). The first kappa shape index (κ1) is 10.8. The van der Waals surface area contributed by atoms with Crippen molar-refractivity contribution in [1.82, 2.24) is 20.4 Å². The Labute approximate surface area is 93.1 Å². The van der Waals surface area contributed by atoms with E-state index in [0.29, 0.717) is 24.7 Å². The van der Waals surface area contributed by atoms with Crippen LogP contribution in [0.15, 0.2) is 15.3 Å². The van der Waals surface area contributed by atoms with E-state index in [1.807, 2.05) is 13.8 Å². The third-order valence-electron chi connectivity index (χ3n) is 2.27. The number of aryl methyl sites for hydroxylation is 2. The van der Waals surface area contributed by atoms with Crippen molar-refractivity contribution in [2.24, 2.45) is 0 Å². The van der Waals surface area contributed by atoms with Crippen LogP contribution in [0.25, 0.3) is 0 Å². The van der Waals surface area contributed by atoms with Crippen LogP contribution in [0, 0.1) is 13.8 Å². The smallest absolute Gasteiger partial charge is 0.227 e. The first-order valence-corrected chi connectivity index (χ1v) is 5.15. The van der Waals surface area contributed by atoms with Crippen LogP contribution in [-0.4, -0.2) is 21.7 Å². The van der Waals surface area contributed by atoms with Crippen LogP contribution >= 0.6 is 0 Å². The van der Waals surface area contributed by atoms with Gasteiger partial charge in [0.2, 0.25) is 11.8 Å². The summed E-state index contributed by atoms with van der Waals surface area (Å²) in [6.07, 6.45) is 2.11. The molecule has 0 radical (unpaired) electrons. The Balaban J connectivity index is 1.72. The second-order valence-electron chi connectivity index (χ2n) is 3.51. The lowest BCUT2D eigenvalue weighted by Gasteiger charge is -1.98. The largest absolute Gasteiger partial charge is 0.444 e. The summed E-state index contributed by atoms with van der Waals surface area (Å²) in [6.45, 7) is 5.20. The van der Waals surface area contributed by atoms with E-state index in [2.05, 4.69) is 20.4 Å². The fraction of sp³-hybridized carbons (Fsp3) is 0.500.